The first-order valence-corrected chi connectivity index (χ1v) is 7.68. The summed E-state index contributed by atoms with van der Waals surface area (Å²) in [6.45, 7) is 1.61. The Balaban J connectivity index is 2.25. The van der Waals surface area contributed by atoms with Crippen molar-refractivity contribution in [2.45, 2.75) is 6.92 Å². The Morgan fingerprint density at radius 3 is 2.71 bits per heavy atom. The number of aromatic carboxylic acids is 1. The molecule has 120 valence electrons. The molecule has 0 amide bonds. The lowest BCUT2D eigenvalue weighted by Crippen LogP contribution is -1.94. The fourth-order valence-corrected chi connectivity index (χ4v) is 3.35. The fraction of sp³-hybridized carbons (Fsp3) is 0.118. The number of nitrogens with zero attached hydrogens (tertiary/aromatic N) is 2. The maximum atomic E-state index is 14.0. The third-order valence-corrected chi connectivity index (χ3v) is 4.78. The van der Waals surface area contributed by atoms with Crippen molar-refractivity contribution < 1.29 is 19.0 Å². The summed E-state index contributed by atoms with van der Waals surface area (Å²) in [6, 6.07) is 8.14. The highest BCUT2D eigenvalue weighted by Gasteiger charge is 2.17. The van der Waals surface area contributed by atoms with Crippen molar-refractivity contribution in [1.82, 2.24) is 4.98 Å². The van der Waals surface area contributed by atoms with E-state index in [0.29, 0.717) is 32.6 Å². The molecular weight excluding hydrogens is 331 g/mol. The second kappa shape index (κ2) is 5.91. The highest BCUT2D eigenvalue weighted by Crippen LogP contribution is 2.34. The average Bonchev–Trinajstić information content (AvgIpc) is 2.95. The number of nitriles is 1. The molecule has 0 radical (unpaired) electrons. The van der Waals surface area contributed by atoms with Gasteiger partial charge in [-0.1, -0.05) is 0 Å². The normalized spacial score (nSPS) is 10.6. The van der Waals surface area contributed by atoms with Gasteiger partial charge in [0.15, 0.2) is 11.6 Å². The van der Waals surface area contributed by atoms with Crippen LogP contribution < -0.4 is 4.74 Å². The largest absolute Gasteiger partial charge is 0.494 e. The standard InChI is InChI=1S/C17H11FN2O3S/c1-8-15(17(21)22)24-16(20-8)10-3-9-5-13(18)14(23-2)6-12(9)11(4-10)7-19/h3-6H,1-2H3,(H,21,22). The summed E-state index contributed by atoms with van der Waals surface area (Å²) < 4.78 is 18.9. The molecule has 0 unspecified atom stereocenters. The predicted octanol–water partition coefficient (Wildman–Crippen LogP) is 3.99. The van der Waals surface area contributed by atoms with Crippen molar-refractivity contribution in [1.29, 1.82) is 5.26 Å². The van der Waals surface area contributed by atoms with Gasteiger partial charge in [0, 0.05) is 10.9 Å². The minimum Gasteiger partial charge on any atom is -0.494 e. The van der Waals surface area contributed by atoms with Crippen molar-refractivity contribution in [3.05, 3.63) is 46.2 Å². The molecule has 1 aromatic heterocycles. The van der Waals surface area contributed by atoms with Crippen molar-refractivity contribution in [3.63, 3.8) is 0 Å². The maximum Gasteiger partial charge on any atom is 0.347 e. The molecule has 1 N–H and O–H groups in total. The molecule has 0 aliphatic rings. The third-order valence-electron chi connectivity index (χ3n) is 3.58. The molecule has 0 spiro atoms. The van der Waals surface area contributed by atoms with Gasteiger partial charge in [0.05, 0.1) is 24.4 Å². The molecular formula is C17H11FN2O3S. The highest BCUT2D eigenvalue weighted by molar-refractivity contribution is 7.17. The lowest BCUT2D eigenvalue weighted by atomic mass is 10.0. The summed E-state index contributed by atoms with van der Waals surface area (Å²) >= 11 is 1.02. The van der Waals surface area contributed by atoms with Crippen LogP contribution in [0.4, 0.5) is 4.39 Å². The topological polar surface area (TPSA) is 83.2 Å². The van der Waals surface area contributed by atoms with Gasteiger partial charge in [-0.15, -0.1) is 11.3 Å². The lowest BCUT2D eigenvalue weighted by Gasteiger charge is -2.07. The van der Waals surface area contributed by atoms with Gasteiger partial charge in [0.1, 0.15) is 9.88 Å². The Morgan fingerprint density at radius 1 is 1.38 bits per heavy atom. The van der Waals surface area contributed by atoms with Crippen LogP contribution in [0.1, 0.15) is 20.9 Å². The summed E-state index contributed by atoms with van der Waals surface area (Å²) in [5.41, 5.74) is 1.32. The molecule has 2 aromatic carbocycles. The Bertz CT molecular complexity index is 1020. The summed E-state index contributed by atoms with van der Waals surface area (Å²) in [4.78, 5) is 15.6. The molecule has 3 aromatic rings. The Morgan fingerprint density at radius 2 is 2.12 bits per heavy atom. The van der Waals surface area contributed by atoms with Crippen LogP contribution in [0.2, 0.25) is 0 Å². The molecule has 5 nitrogen and oxygen atoms in total. The number of methoxy groups -OCH3 is 1. The van der Waals surface area contributed by atoms with E-state index >= 15 is 0 Å². The number of carbonyl (C=O) groups is 1. The fourth-order valence-electron chi connectivity index (χ4n) is 2.45. The molecule has 24 heavy (non-hydrogen) atoms. The van der Waals surface area contributed by atoms with Crippen LogP contribution >= 0.6 is 11.3 Å². The summed E-state index contributed by atoms with van der Waals surface area (Å²) in [7, 11) is 1.36. The zero-order valence-corrected chi connectivity index (χ0v) is 13.6. The summed E-state index contributed by atoms with van der Waals surface area (Å²) in [5, 5.41) is 20.1. The Kier molecular flexibility index (Phi) is 3.91. The van der Waals surface area contributed by atoms with E-state index in [1.807, 2.05) is 0 Å². The molecule has 0 fully saturated rings. The number of rotatable bonds is 3. The second-order valence-corrected chi connectivity index (χ2v) is 6.08. The van der Waals surface area contributed by atoms with E-state index in [2.05, 4.69) is 11.1 Å². The molecule has 0 aliphatic carbocycles. The summed E-state index contributed by atoms with van der Waals surface area (Å²) in [6.07, 6.45) is 0. The van der Waals surface area contributed by atoms with Crippen molar-refractivity contribution in [2.24, 2.45) is 0 Å². The Labute approximate surface area is 140 Å². The molecule has 0 saturated carbocycles. The van der Waals surface area contributed by atoms with Crippen LogP contribution in [0.5, 0.6) is 5.75 Å². The van der Waals surface area contributed by atoms with Crippen LogP contribution in [0, 0.1) is 24.1 Å². The van der Waals surface area contributed by atoms with Crippen LogP contribution in [-0.2, 0) is 0 Å². The highest BCUT2D eigenvalue weighted by atomic mass is 32.1. The second-order valence-electron chi connectivity index (χ2n) is 5.08. The molecule has 0 atom stereocenters. The zero-order valence-electron chi connectivity index (χ0n) is 12.8. The number of fused-ring (bicyclic) bond motifs is 1. The van der Waals surface area contributed by atoms with Crippen molar-refractivity contribution in [2.75, 3.05) is 7.11 Å². The number of ether oxygens (including phenoxy) is 1. The first kappa shape index (κ1) is 15.9. The summed E-state index contributed by atoms with van der Waals surface area (Å²) in [5.74, 6) is -1.52. The van der Waals surface area contributed by atoms with Gasteiger partial charge < -0.3 is 9.84 Å². The number of carboxylic acids is 1. The SMILES string of the molecule is COc1cc2c(C#N)cc(-c3nc(C)c(C(=O)O)s3)cc2cc1F. The number of carboxylic acid groups (broad SMARTS) is 1. The van der Waals surface area contributed by atoms with Crippen LogP contribution in [-0.4, -0.2) is 23.2 Å². The quantitative estimate of drug-likeness (QED) is 0.778. The minimum atomic E-state index is -1.05. The van der Waals surface area contributed by atoms with Crippen LogP contribution in [0.3, 0.4) is 0 Å². The molecule has 1 heterocycles. The molecule has 7 heteroatoms. The number of thiazole rings is 1. The number of aromatic nitrogens is 1. The first-order chi connectivity index (χ1) is 11.4. The van der Waals surface area contributed by atoms with Gasteiger partial charge in [-0.3, -0.25) is 0 Å². The van der Waals surface area contributed by atoms with Gasteiger partial charge in [0.2, 0.25) is 0 Å². The molecule has 0 bridgehead atoms. The lowest BCUT2D eigenvalue weighted by molar-refractivity contribution is 0.0701. The number of aryl methyl sites for hydroxylation is 1. The van der Waals surface area contributed by atoms with E-state index in [1.165, 1.54) is 19.2 Å². The van der Waals surface area contributed by atoms with Gasteiger partial charge >= 0.3 is 5.97 Å². The smallest absolute Gasteiger partial charge is 0.347 e. The van der Waals surface area contributed by atoms with Crippen LogP contribution in [0.25, 0.3) is 21.3 Å². The van der Waals surface area contributed by atoms with Crippen molar-refractivity contribution in [3.8, 4) is 22.4 Å². The van der Waals surface area contributed by atoms with E-state index in [1.54, 1.807) is 19.1 Å². The minimum absolute atomic E-state index is 0.0602. The number of benzene rings is 2. The van der Waals surface area contributed by atoms with Gasteiger partial charge in [-0.25, -0.2) is 14.2 Å². The van der Waals surface area contributed by atoms with E-state index in [0.717, 1.165) is 11.3 Å². The monoisotopic (exact) mass is 342 g/mol. The molecule has 0 aliphatic heterocycles. The van der Waals surface area contributed by atoms with E-state index in [9.17, 15) is 14.4 Å². The average molecular weight is 342 g/mol. The van der Waals surface area contributed by atoms with Crippen molar-refractivity contribution >= 4 is 28.1 Å². The van der Waals surface area contributed by atoms with Gasteiger partial charge in [0.25, 0.3) is 0 Å². The number of halogens is 1. The number of hydrogen-bond donors (Lipinski definition) is 1. The zero-order chi connectivity index (χ0) is 17.4. The number of hydrogen-bond acceptors (Lipinski definition) is 5. The molecule has 0 saturated heterocycles. The van der Waals surface area contributed by atoms with E-state index in [4.69, 9.17) is 9.84 Å². The van der Waals surface area contributed by atoms with Gasteiger partial charge in [-0.2, -0.15) is 5.26 Å². The van der Waals surface area contributed by atoms with E-state index < -0.39 is 11.8 Å². The Hall–Kier alpha value is -2.98. The van der Waals surface area contributed by atoms with Crippen LogP contribution in [0.15, 0.2) is 24.3 Å². The first-order valence-electron chi connectivity index (χ1n) is 6.87. The van der Waals surface area contributed by atoms with Gasteiger partial charge in [-0.05, 0) is 36.6 Å². The maximum absolute atomic E-state index is 14.0. The third kappa shape index (κ3) is 2.57. The predicted molar refractivity (Wildman–Crippen MR) is 88.0 cm³/mol. The molecule has 3 rings (SSSR count). The van der Waals surface area contributed by atoms with E-state index in [-0.39, 0.29) is 10.6 Å².